The lowest BCUT2D eigenvalue weighted by molar-refractivity contribution is -0.137. The number of benzene rings is 1. The number of aliphatic hydroxyl groups is 2. The molecule has 1 aromatic carbocycles. The molecule has 0 bridgehead atoms. The van der Waals surface area contributed by atoms with Gasteiger partial charge in [-0.15, -0.1) is 0 Å². The molecule has 154 valence electrons. The minimum atomic E-state index is -0.753. The Kier molecular flexibility index (Phi) is 9.45. The first-order chi connectivity index (χ1) is 13.5. The fourth-order valence-corrected chi connectivity index (χ4v) is 4.09. The molecule has 0 aromatic heterocycles. The average Bonchev–Trinajstić information content (AvgIpc) is 2.94. The van der Waals surface area contributed by atoms with Gasteiger partial charge >= 0.3 is 5.97 Å². The normalized spacial score (nSPS) is 26.2. The van der Waals surface area contributed by atoms with E-state index in [1.807, 2.05) is 30.4 Å². The maximum atomic E-state index is 10.5. The number of aliphatic carboxylic acids is 1. The maximum absolute atomic E-state index is 10.5. The van der Waals surface area contributed by atoms with Gasteiger partial charge < -0.3 is 15.3 Å². The van der Waals surface area contributed by atoms with Gasteiger partial charge in [-0.1, -0.05) is 61.6 Å². The lowest BCUT2D eigenvalue weighted by Crippen LogP contribution is -2.18. The molecule has 1 aliphatic rings. The molecule has 1 aromatic rings. The van der Waals surface area contributed by atoms with Crippen molar-refractivity contribution in [3.63, 3.8) is 0 Å². The molecule has 1 saturated carbocycles. The first-order valence-corrected chi connectivity index (χ1v) is 10.4. The standard InChI is InChI=1S/C24H34O4/c1-18-17-23(26)22(21(18)11-7-2-3-8-12-24(27)28)16-15-20(25)14-13-19-9-5-4-6-10-19/h2,4-7,9-10,15-16,18,20-23,25-26H,3,8,11-14,17H2,1H3,(H,27,28)/b7-2-,16-15+/t18-,20-,21-,22+,23+/m0/s1. The molecule has 0 radical (unpaired) electrons. The molecule has 0 unspecified atom stereocenters. The van der Waals surface area contributed by atoms with Crippen LogP contribution in [0.5, 0.6) is 0 Å². The van der Waals surface area contributed by atoms with Crippen molar-refractivity contribution in [2.45, 2.75) is 64.1 Å². The summed E-state index contributed by atoms with van der Waals surface area (Å²) in [5.74, 6) is 0.0834. The Balaban J connectivity index is 1.82. The van der Waals surface area contributed by atoms with Gasteiger partial charge in [0.05, 0.1) is 12.2 Å². The van der Waals surface area contributed by atoms with E-state index >= 15 is 0 Å². The van der Waals surface area contributed by atoms with Gasteiger partial charge in [0, 0.05) is 12.3 Å². The lowest BCUT2D eigenvalue weighted by Gasteiger charge is -2.20. The zero-order valence-corrected chi connectivity index (χ0v) is 16.8. The summed E-state index contributed by atoms with van der Waals surface area (Å²) in [6.45, 7) is 2.17. The van der Waals surface area contributed by atoms with Crippen LogP contribution in [-0.2, 0) is 11.2 Å². The van der Waals surface area contributed by atoms with Crippen LogP contribution in [0.1, 0.15) is 51.0 Å². The van der Waals surface area contributed by atoms with Crippen LogP contribution in [0.25, 0.3) is 0 Å². The zero-order chi connectivity index (χ0) is 20.4. The van der Waals surface area contributed by atoms with E-state index in [2.05, 4.69) is 31.2 Å². The molecular weight excluding hydrogens is 352 g/mol. The van der Waals surface area contributed by atoms with Gasteiger partial charge in [-0.2, -0.15) is 0 Å². The van der Waals surface area contributed by atoms with E-state index in [0.29, 0.717) is 24.7 Å². The second kappa shape index (κ2) is 11.8. The summed E-state index contributed by atoms with van der Waals surface area (Å²) in [5.41, 5.74) is 1.22. The number of carbonyl (C=O) groups is 1. The topological polar surface area (TPSA) is 77.8 Å². The lowest BCUT2D eigenvalue weighted by atomic mass is 9.86. The van der Waals surface area contributed by atoms with Crippen molar-refractivity contribution in [3.8, 4) is 0 Å². The second-order valence-electron chi connectivity index (χ2n) is 7.99. The number of hydrogen-bond donors (Lipinski definition) is 3. The first kappa shape index (κ1) is 22.4. The van der Waals surface area contributed by atoms with Crippen LogP contribution in [0.2, 0.25) is 0 Å². The molecule has 28 heavy (non-hydrogen) atoms. The largest absolute Gasteiger partial charge is 0.481 e. The van der Waals surface area contributed by atoms with Gasteiger partial charge in [-0.3, -0.25) is 4.79 Å². The number of aliphatic hydroxyl groups excluding tert-OH is 2. The molecule has 4 heteroatoms. The van der Waals surface area contributed by atoms with Crippen LogP contribution >= 0.6 is 0 Å². The van der Waals surface area contributed by atoms with Crippen molar-refractivity contribution >= 4 is 5.97 Å². The Morgan fingerprint density at radius 3 is 2.71 bits per heavy atom. The number of rotatable bonds is 11. The zero-order valence-electron chi connectivity index (χ0n) is 16.8. The molecule has 1 fully saturated rings. The van der Waals surface area contributed by atoms with Crippen molar-refractivity contribution in [1.82, 2.24) is 0 Å². The van der Waals surface area contributed by atoms with Crippen molar-refractivity contribution in [3.05, 3.63) is 60.2 Å². The highest BCUT2D eigenvalue weighted by atomic mass is 16.4. The fourth-order valence-electron chi connectivity index (χ4n) is 4.09. The van der Waals surface area contributed by atoms with Gasteiger partial charge in [0.25, 0.3) is 0 Å². The summed E-state index contributed by atoms with van der Waals surface area (Å²) in [6.07, 6.45) is 12.0. The van der Waals surface area contributed by atoms with Crippen LogP contribution in [0.4, 0.5) is 0 Å². The Labute approximate surface area is 168 Å². The van der Waals surface area contributed by atoms with E-state index in [1.165, 1.54) is 5.56 Å². The minimum Gasteiger partial charge on any atom is -0.481 e. The Morgan fingerprint density at radius 2 is 2.00 bits per heavy atom. The molecule has 5 atom stereocenters. The minimum absolute atomic E-state index is 0.0602. The molecule has 2 rings (SSSR count). The van der Waals surface area contributed by atoms with Crippen LogP contribution in [0.15, 0.2) is 54.6 Å². The van der Waals surface area contributed by atoms with Crippen LogP contribution in [0.3, 0.4) is 0 Å². The number of allylic oxidation sites excluding steroid dienone is 2. The van der Waals surface area contributed by atoms with Gasteiger partial charge in [0.2, 0.25) is 0 Å². The van der Waals surface area contributed by atoms with Crippen molar-refractivity contribution in [2.75, 3.05) is 0 Å². The maximum Gasteiger partial charge on any atom is 0.303 e. The third-order valence-corrected chi connectivity index (χ3v) is 5.75. The van der Waals surface area contributed by atoms with E-state index in [0.717, 1.165) is 25.7 Å². The summed E-state index contributed by atoms with van der Waals surface area (Å²) in [6, 6.07) is 10.1. The van der Waals surface area contributed by atoms with Crippen LogP contribution in [0, 0.1) is 17.8 Å². The number of carboxylic acids is 1. The molecule has 0 spiro atoms. The van der Waals surface area contributed by atoms with E-state index in [4.69, 9.17) is 5.11 Å². The molecule has 0 amide bonds. The summed E-state index contributed by atoms with van der Waals surface area (Å²) in [5, 5.41) is 29.4. The monoisotopic (exact) mass is 386 g/mol. The van der Waals surface area contributed by atoms with Crippen molar-refractivity contribution < 1.29 is 20.1 Å². The summed E-state index contributed by atoms with van der Waals surface area (Å²) in [7, 11) is 0. The van der Waals surface area contributed by atoms with E-state index < -0.39 is 12.1 Å². The Bertz CT molecular complexity index is 637. The summed E-state index contributed by atoms with van der Waals surface area (Å²) >= 11 is 0. The highest BCUT2D eigenvalue weighted by Gasteiger charge is 2.37. The summed E-state index contributed by atoms with van der Waals surface area (Å²) < 4.78 is 0. The van der Waals surface area contributed by atoms with Crippen LogP contribution in [-0.4, -0.2) is 33.5 Å². The van der Waals surface area contributed by atoms with E-state index in [9.17, 15) is 15.0 Å². The molecule has 1 aliphatic carbocycles. The van der Waals surface area contributed by atoms with Crippen LogP contribution < -0.4 is 0 Å². The Hall–Kier alpha value is -1.91. The molecule has 0 aliphatic heterocycles. The smallest absolute Gasteiger partial charge is 0.303 e. The number of aryl methyl sites for hydroxylation is 1. The van der Waals surface area contributed by atoms with Gasteiger partial charge in [0.15, 0.2) is 0 Å². The molecular formula is C24H34O4. The second-order valence-corrected chi connectivity index (χ2v) is 7.99. The SMILES string of the molecule is C[C@H]1C[C@@H](O)[C@H](/C=C/[C@@H](O)CCc2ccccc2)[C@H]1C/C=C\CCCC(=O)O. The van der Waals surface area contributed by atoms with E-state index in [1.54, 1.807) is 0 Å². The quantitative estimate of drug-likeness (QED) is 0.390. The molecule has 4 nitrogen and oxygen atoms in total. The highest BCUT2D eigenvalue weighted by Crippen LogP contribution is 2.40. The molecule has 0 heterocycles. The number of carboxylic acid groups (broad SMARTS) is 1. The predicted molar refractivity (Wildman–Crippen MR) is 112 cm³/mol. The van der Waals surface area contributed by atoms with Gasteiger partial charge in [-0.05, 0) is 55.9 Å². The fraction of sp³-hybridized carbons (Fsp3) is 0.542. The first-order valence-electron chi connectivity index (χ1n) is 10.4. The van der Waals surface area contributed by atoms with Gasteiger partial charge in [0.1, 0.15) is 0 Å². The number of hydrogen-bond acceptors (Lipinski definition) is 3. The van der Waals surface area contributed by atoms with Gasteiger partial charge in [-0.25, -0.2) is 0 Å². The third-order valence-electron chi connectivity index (χ3n) is 5.75. The van der Waals surface area contributed by atoms with E-state index in [-0.39, 0.29) is 18.4 Å². The Morgan fingerprint density at radius 1 is 1.25 bits per heavy atom. The third kappa shape index (κ3) is 7.61. The average molecular weight is 387 g/mol. The predicted octanol–water partition coefficient (Wildman–Crippen LogP) is 4.37. The van der Waals surface area contributed by atoms with Crippen molar-refractivity contribution in [2.24, 2.45) is 17.8 Å². The highest BCUT2D eigenvalue weighted by molar-refractivity contribution is 5.66. The molecule has 3 N–H and O–H groups in total. The molecule has 0 saturated heterocycles. The summed E-state index contributed by atoms with van der Waals surface area (Å²) in [4.78, 5) is 10.5. The van der Waals surface area contributed by atoms with Crippen molar-refractivity contribution in [1.29, 1.82) is 0 Å². The number of unbranched alkanes of at least 4 members (excludes halogenated alkanes) is 1.